The van der Waals surface area contributed by atoms with E-state index in [0.717, 1.165) is 40.9 Å². The summed E-state index contributed by atoms with van der Waals surface area (Å²) in [6.45, 7) is 38.6. The van der Waals surface area contributed by atoms with Crippen molar-refractivity contribution in [2.75, 3.05) is 51.8 Å². The zero-order valence-corrected chi connectivity index (χ0v) is 38.4. The Labute approximate surface area is 346 Å². The maximum absolute atomic E-state index is 11.8. The van der Waals surface area contributed by atoms with Crippen LogP contribution < -0.4 is 0 Å². The van der Waals surface area contributed by atoms with Crippen molar-refractivity contribution in [3.63, 3.8) is 0 Å². The van der Waals surface area contributed by atoms with Gasteiger partial charge in [-0.25, -0.2) is 11.4 Å². The summed E-state index contributed by atoms with van der Waals surface area (Å²) in [6.07, 6.45) is 2.77. The first-order chi connectivity index (χ1) is 25.0. The average molecular weight is 833 g/mol. The summed E-state index contributed by atoms with van der Waals surface area (Å²) in [5.41, 5.74) is -2.03. The Bertz CT molecular complexity index is 1230. The Morgan fingerprint density at radius 1 is 0.852 bits per heavy atom. The first kappa shape index (κ1) is 58.2. The molecule has 0 aliphatic rings. The summed E-state index contributed by atoms with van der Waals surface area (Å²) < 4.78 is 5.48. The smallest absolute Gasteiger partial charge is 0.337 e. The third kappa shape index (κ3) is 26.4. The van der Waals surface area contributed by atoms with E-state index in [-0.39, 0.29) is 43.6 Å². The second-order valence-corrected chi connectivity index (χ2v) is 16.9. The molecule has 54 heavy (non-hydrogen) atoms. The fourth-order valence-electron chi connectivity index (χ4n) is 3.32. The van der Waals surface area contributed by atoms with Gasteiger partial charge in [-0.1, -0.05) is 82.2 Å². The quantitative estimate of drug-likeness (QED) is 0.0421. The van der Waals surface area contributed by atoms with Crippen molar-refractivity contribution in [2.45, 2.75) is 132 Å². The Kier molecular flexibility index (Phi) is 34.2. The minimum absolute atomic E-state index is 0.0366. The molecule has 0 aromatic heterocycles. The van der Waals surface area contributed by atoms with Crippen LogP contribution in [0.15, 0.2) is 22.9 Å². The highest BCUT2D eigenvalue weighted by Gasteiger charge is 2.31. The van der Waals surface area contributed by atoms with Gasteiger partial charge in [0.25, 0.3) is 0 Å². The first-order valence-corrected chi connectivity index (χ1v) is 20.9. The van der Waals surface area contributed by atoms with Gasteiger partial charge in [-0.3, -0.25) is 14.4 Å². The van der Waals surface area contributed by atoms with Gasteiger partial charge in [0.05, 0.1) is 24.0 Å². The van der Waals surface area contributed by atoms with Crippen LogP contribution in [-0.4, -0.2) is 114 Å². The van der Waals surface area contributed by atoms with Crippen LogP contribution in [0.1, 0.15) is 116 Å². The number of rotatable bonds is 19. The number of ether oxygens (including phenoxy) is 1. The van der Waals surface area contributed by atoms with Crippen molar-refractivity contribution >= 4 is 74.1 Å². The monoisotopic (exact) mass is 832 g/mol. The molecule has 0 amide bonds. The normalized spacial score (nSPS) is 12.9. The van der Waals surface area contributed by atoms with Crippen LogP contribution in [0, 0.1) is 23.3 Å². The van der Waals surface area contributed by atoms with Crippen molar-refractivity contribution in [1.82, 2.24) is 9.80 Å². The number of nitriles is 1. The number of carbonyl (C=O) groups excluding carboxylic acids is 3. The Morgan fingerprint density at radius 3 is 1.65 bits per heavy atom. The first-order valence-electron chi connectivity index (χ1n) is 18.2. The maximum atomic E-state index is 11.8. The molecule has 0 rings (SSSR count). The molecule has 2 N–H and O–H groups in total. The van der Waals surface area contributed by atoms with Gasteiger partial charge in [-0.15, -0.1) is 5.11 Å². The summed E-state index contributed by atoms with van der Waals surface area (Å²) in [6, 6.07) is 2.09. The van der Waals surface area contributed by atoms with E-state index in [4.69, 9.17) is 46.5 Å². The molecule has 2 unspecified atom stereocenters. The minimum Gasteiger partial charge on any atom is -0.463 e. The molecule has 0 saturated heterocycles. The van der Waals surface area contributed by atoms with Crippen molar-refractivity contribution in [3.05, 3.63) is 24.1 Å². The van der Waals surface area contributed by atoms with E-state index in [1.54, 1.807) is 32.5 Å². The number of Topliss-reactive ketones (excluding diaryl/α,β-unsaturated/α-hetero) is 2. The number of hydrogen-bond donors (Lipinski definition) is 2. The number of aliphatic hydroxyl groups is 2. The van der Waals surface area contributed by atoms with E-state index in [1.807, 2.05) is 60.3 Å². The molecule has 12 nitrogen and oxygen atoms in total. The van der Waals surface area contributed by atoms with Crippen LogP contribution in [0.25, 0.3) is 4.85 Å². The second-order valence-electron chi connectivity index (χ2n) is 13.0. The number of esters is 1. The van der Waals surface area contributed by atoms with Crippen molar-refractivity contribution in [1.29, 1.82) is 5.26 Å². The molecule has 0 spiro atoms. The van der Waals surface area contributed by atoms with E-state index in [2.05, 4.69) is 51.2 Å². The predicted octanol–water partition coefficient (Wildman–Crippen LogP) is 8.31. The zero-order valence-electron chi connectivity index (χ0n) is 35.1. The summed E-state index contributed by atoms with van der Waals surface area (Å²) in [5.74, 6) is 0.438. The predicted molar refractivity (Wildman–Crippen MR) is 234 cm³/mol. The fraction of sp³-hybridized carbons (Fsp3) is 0.763. The van der Waals surface area contributed by atoms with Crippen molar-refractivity contribution < 1.29 is 29.3 Å². The Balaban J connectivity index is -0.000000320. The molecule has 0 bridgehead atoms. The van der Waals surface area contributed by atoms with Crippen LogP contribution in [0.4, 0.5) is 0 Å². The van der Waals surface area contributed by atoms with Crippen molar-refractivity contribution in [3.8, 4) is 6.07 Å². The maximum Gasteiger partial charge on any atom is 0.337 e. The lowest BCUT2D eigenvalue weighted by Crippen LogP contribution is -2.35. The molecule has 0 aromatic carbocycles. The molecule has 0 aliphatic carbocycles. The summed E-state index contributed by atoms with van der Waals surface area (Å²) in [5, 5.41) is 34.3. The number of thioether (sulfide) groups is 2. The van der Waals surface area contributed by atoms with E-state index in [9.17, 15) is 14.4 Å². The van der Waals surface area contributed by atoms with Gasteiger partial charge in [0, 0.05) is 76.2 Å². The number of azo groups is 1. The van der Waals surface area contributed by atoms with Gasteiger partial charge in [0.1, 0.15) is 14.4 Å². The number of hydrogen-bond acceptors (Lipinski definition) is 13. The topological polar surface area (TPSA) is 160 Å². The number of carbonyl (C=O) groups is 3. The van der Waals surface area contributed by atoms with Crippen LogP contribution in [0.2, 0.25) is 0 Å². The lowest BCUT2D eigenvalue weighted by Gasteiger charge is -2.28. The molecule has 0 aromatic rings. The fourth-order valence-corrected chi connectivity index (χ4v) is 6.77. The van der Waals surface area contributed by atoms with E-state index >= 15 is 0 Å². The van der Waals surface area contributed by atoms with Gasteiger partial charge in [-0.2, -0.15) is 10.4 Å². The molecule has 0 heterocycles. The molecule has 0 fully saturated rings. The summed E-state index contributed by atoms with van der Waals surface area (Å²) >= 11 is 13.6. The standard InChI is InChI=1S/C12H23NO2S2.C11H21NO2S2.C10H16N4.C5H8O2/c1-5-13(6-2)11(16)17-9-12(3,4)10(15)7-8-14;1-5-12(6-2)10(15)16-11(3,4)9(14)7-8-13;1-6-9(3,8-11)13-14-10(4,7-2)12-5;1-3-5(6)7-4-2/h14H,5-9H2,1-4H3;13H,5-8H2,1-4H3;6-7H2,1-4H3;3H,1,4H2,2H3. The van der Waals surface area contributed by atoms with E-state index < -0.39 is 21.4 Å². The third-order valence-corrected chi connectivity index (χ3v) is 11.5. The van der Waals surface area contributed by atoms with Crippen LogP contribution >= 0.6 is 48.0 Å². The van der Waals surface area contributed by atoms with E-state index in [1.165, 1.54) is 11.8 Å². The van der Waals surface area contributed by atoms with Gasteiger partial charge < -0.3 is 24.7 Å². The molecule has 2 atom stereocenters. The SMILES string of the molecule is C=CC(=O)OCC.CCN(CC)C(=S)SC(C)(C)C(=O)CCO.CCN(CC)C(=S)SCC(C)(C)C(=O)CCO.[C-]#[N+]C(C)(CC)N=NC(C)(C#N)CC. The molecule has 310 valence electrons. The molecular weight excluding hydrogens is 765 g/mol. The number of aliphatic hydroxyl groups excluding tert-OH is 2. The average Bonchev–Trinajstić information content (AvgIpc) is 3.14. The minimum atomic E-state index is -0.812. The van der Waals surface area contributed by atoms with E-state index in [0.29, 0.717) is 25.2 Å². The second kappa shape index (κ2) is 31.7. The van der Waals surface area contributed by atoms with Crippen LogP contribution in [0.3, 0.4) is 0 Å². The summed E-state index contributed by atoms with van der Waals surface area (Å²) in [4.78, 5) is 41.1. The lowest BCUT2D eigenvalue weighted by molar-refractivity contribution is -0.137. The van der Waals surface area contributed by atoms with Gasteiger partial charge >= 0.3 is 11.6 Å². The summed E-state index contributed by atoms with van der Waals surface area (Å²) in [7, 11) is 0. The Morgan fingerprint density at radius 2 is 1.31 bits per heavy atom. The largest absolute Gasteiger partial charge is 0.463 e. The number of nitrogens with zero attached hydrogens (tertiary/aromatic N) is 6. The molecule has 0 radical (unpaired) electrons. The van der Waals surface area contributed by atoms with Gasteiger partial charge in [-0.05, 0) is 61.8 Å². The highest BCUT2D eigenvalue weighted by atomic mass is 32.2. The molecular formula is C38H68N6O6S4. The van der Waals surface area contributed by atoms with Gasteiger partial charge in [0.15, 0.2) is 11.3 Å². The van der Waals surface area contributed by atoms with Crippen molar-refractivity contribution in [2.24, 2.45) is 15.6 Å². The third-order valence-electron chi connectivity index (χ3n) is 7.83. The highest BCUT2D eigenvalue weighted by Crippen LogP contribution is 2.29. The lowest BCUT2D eigenvalue weighted by atomic mass is 9.89. The van der Waals surface area contributed by atoms with Crippen LogP contribution in [-0.2, 0) is 19.1 Å². The number of ketones is 2. The number of thiocarbonyl (C=S) groups is 2. The Hall–Kier alpha value is -2.47. The molecule has 0 saturated carbocycles. The zero-order chi connectivity index (χ0) is 43.2. The van der Waals surface area contributed by atoms with Crippen LogP contribution in [0.5, 0.6) is 0 Å². The molecule has 0 aliphatic heterocycles. The van der Waals surface area contributed by atoms with Gasteiger partial charge in [0.2, 0.25) is 0 Å². The molecule has 16 heteroatoms. The highest BCUT2D eigenvalue weighted by molar-refractivity contribution is 8.24.